The van der Waals surface area contributed by atoms with Gasteiger partial charge in [0.2, 0.25) is 0 Å². The lowest BCUT2D eigenvalue weighted by Crippen LogP contribution is -2.43. The topological polar surface area (TPSA) is 60.8 Å². The molecule has 0 aliphatic heterocycles. The smallest absolute Gasteiger partial charge is 0.311 e. The Labute approximate surface area is 113 Å². The van der Waals surface area contributed by atoms with Crippen molar-refractivity contribution < 1.29 is 15.0 Å². The van der Waals surface area contributed by atoms with E-state index in [0.29, 0.717) is 6.54 Å². The van der Waals surface area contributed by atoms with E-state index in [0.717, 1.165) is 37.8 Å². The van der Waals surface area contributed by atoms with Crippen LogP contribution in [0.2, 0.25) is 0 Å². The SMILES string of the molecule is CN(CC1(C(=O)O)CCCCC1)c1cccc(O)c1. The lowest BCUT2D eigenvalue weighted by atomic mass is 9.73. The van der Waals surface area contributed by atoms with E-state index >= 15 is 0 Å². The summed E-state index contributed by atoms with van der Waals surface area (Å²) in [5.74, 6) is -0.489. The van der Waals surface area contributed by atoms with Gasteiger partial charge in [-0.1, -0.05) is 25.3 Å². The third kappa shape index (κ3) is 3.00. The van der Waals surface area contributed by atoms with Crippen molar-refractivity contribution in [1.29, 1.82) is 0 Å². The van der Waals surface area contributed by atoms with Gasteiger partial charge in [0.1, 0.15) is 5.75 Å². The molecule has 0 spiro atoms. The van der Waals surface area contributed by atoms with Crippen molar-refractivity contribution in [2.75, 3.05) is 18.5 Å². The summed E-state index contributed by atoms with van der Waals surface area (Å²) in [4.78, 5) is 13.6. The number of benzene rings is 1. The number of carboxylic acid groups (broad SMARTS) is 1. The highest BCUT2D eigenvalue weighted by molar-refractivity contribution is 5.76. The van der Waals surface area contributed by atoms with E-state index in [9.17, 15) is 15.0 Å². The molecule has 1 fully saturated rings. The molecular weight excluding hydrogens is 242 g/mol. The zero-order valence-electron chi connectivity index (χ0n) is 11.3. The lowest BCUT2D eigenvalue weighted by molar-refractivity contribution is -0.150. The van der Waals surface area contributed by atoms with Crippen LogP contribution >= 0.6 is 0 Å². The summed E-state index contributed by atoms with van der Waals surface area (Å²) in [6.45, 7) is 0.492. The van der Waals surface area contributed by atoms with Gasteiger partial charge < -0.3 is 15.1 Å². The fourth-order valence-corrected chi connectivity index (χ4v) is 2.94. The minimum absolute atomic E-state index is 0.206. The predicted molar refractivity (Wildman–Crippen MR) is 74.5 cm³/mol. The molecule has 0 aromatic heterocycles. The number of hydrogen-bond donors (Lipinski definition) is 2. The molecule has 0 bridgehead atoms. The maximum atomic E-state index is 11.6. The summed E-state index contributed by atoms with van der Waals surface area (Å²) >= 11 is 0. The maximum Gasteiger partial charge on any atom is 0.311 e. The van der Waals surface area contributed by atoms with Crippen molar-refractivity contribution in [3.8, 4) is 5.75 Å². The number of rotatable bonds is 4. The number of hydrogen-bond acceptors (Lipinski definition) is 3. The summed E-state index contributed by atoms with van der Waals surface area (Å²) in [6.07, 6.45) is 4.59. The van der Waals surface area contributed by atoms with Gasteiger partial charge >= 0.3 is 5.97 Å². The Hall–Kier alpha value is -1.71. The minimum Gasteiger partial charge on any atom is -0.508 e. The molecule has 19 heavy (non-hydrogen) atoms. The molecule has 0 radical (unpaired) electrons. The van der Waals surface area contributed by atoms with Gasteiger partial charge in [-0.25, -0.2) is 0 Å². The highest BCUT2D eigenvalue weighted by atomic mass is 16.4. The molecule has 4 heteroatoms. The first-order valence-electron chi connectivity index (χ1n) is 6.77. The number of phenols is 1. The molecule has 0 saturated heterocycles. The number of carboxylic acids is 1. The summed E-state index contributed by atoms with van der Waals surface area (Å²) in [5, 5.41) is 19.1. The molecule has 1 saturated carbocycles. The normalized spacial score (nSPS) is 17.9. The van der Waals surface area contributed by atoms with Gasteiger partial charge in [-0.05, 0) is 25.0 Å². The number of aromatic hydroxyl groups is 1. The molecule has 4 nitrogen and oxygen atoms in total. The van der Waals surface area contributed by atoms with Crippen LogP contribution in [-0.2, 0) is 4.79 Å². The minimum atomic E-state index is -0.695. The Balaban J connectivity index is 2.15. The van der Waals surface area contributed by atoms with E-state index in [1.807, 2.05) is 18.0 Å². The predicted octanol–water partition coefficient (Wildman–Crippen LogP) is 2.86. The maximum absolute atomic E-state index is 11.6. The first-order chi connectivity index (χ1) is 9.03. The molecule has 2 N–H and O–H groups in total. The second-order valence-corrected chi connectivity index (χ2v) is 5.52. The zero-order valence-corrected chi connectivity index (χ0v) is 11.3. The fraction of sp³-hybridized carbons (Fsp3) is 0.533. The van der Waals surface area contributed by atoms with Crippen molar-refractivity contribution in [3.05, 3.63) is 24.3 Å². The number of nitrogens with zero attached hydrogens (tertiary/aromatic N) is 1. The van der Waals surface area contributed by atoms with Crippen LogP contribution in [0.5, 0.6) is 5.75 Å². The molecule has 1 aromatic rings. The number of carbonyl (C=O) groups is 1. The Morgan fingerprint density at radius 2 is 2.00 bits per heavy atom. The molecule has 0 heterocycles. The first-order valence-corrected chi connectivity index (χ1v) is 6.77. The van der Waals surface area contributed by atoms with Crippen molar-refractivity contribution >= 4 is 11.7 Å². The summed E-state index contributed by atoms with van der Waals surface area (Å²) in [7, 11) is 1.88. The lowest BCUT2D eigenvalue weighted by Gasteiger charge is -2.37. The van der Waals surface area contributed by atoms with Crippen molar-refractivity contribution in [2.45, 2.75) is 32.1 Å². The number of phenolic OH excluding ortho intramolecular Hbond substituents is 1. The standard InChI is InChI=1S/C15H21NO3/c1-16(12-6-5-7-13(17)10-12)11-15(14(18)19)8-3-2-4-9-15/h5-7,10,17H,2-4,8-9,11H2,1H3,(H,18,19). The van der Waals surface area contributed by atoms with Crippen LogP contribution in [0.3, 0.4) is 0 Å². The Morgan fingerprint density at radius 1 is 1.32 bits per heavy atom. The molecule has 1 aliphatic rings. The summed E-state index contributed by atoms with van der Waals surface area (Å²) in [6, 6.07) is 6.94. The molecule has 0 atom stereocenters. The summed E-state index contributed by atoms with van der Waals surface area (Å²) < 4.78 is 0. The van der Waals surface area contributed by atoms with Gasteiger partial charge in [-0.3, -0.25) is 4.79 Å². The molecular formula is C15H21NO3. The van der Waals surface area contributed by atoms with Crippen LogP contribution in [-0.4, -0.2) is 29.8 Å². The monoisotopic (exact) mass is 263 g/mol. The van der Waals surface area contributed by atoms with Crippen LogP contribution in [0, 0.1) is 5.41 Å². The number of anilines is 1. The van der Waals surface area contributed by atoms with E-state index in [2.05, 4.69) is 0 Å². The quantitative estimate of drug-likeness (QED) is 0.877. The molecule has 104 valence electrons. The molecule has 2 rings (SSSR count). The second kappa shape index (κ2) is 5.51. The summed E-state index contributed by atoms with van der Waals surface area (Å²) in [5.41, 5.74) is 0.213. The van der Waals surface area contributed by atoms with Gasteiger partial charge in [0.15, 0.2) is 0 Å². The average molecular weight is 263 g/mol. The van der Waals surface area contributed by atoms with E-state index in [4.69, 9.17) is 0 Å². The van der Waals surface area contributed by atoms with Crippen molar-refractivity contribution in [3.63, 3.8) is 0 Å². The van der Waals surface area contributed by atoms with Gasteiger partial charge in [0.05, 0.1) is 5.41 Å². The highest BCUT2D eigenvalue weighted by Gasteiger charge is 2.40. The first kappa shape index (κ1) is 13.7. The van der Waals surface area contributed by atoms with Crippen LogP contribution in [0.4, 0.5) is 5.69 Å². The third-order valence-corrected chi connectivity index (χ3v) is 4.07. The van der Waals surface area contributed by atoms with Crippen LogP contribution in [0.25, 0.3) is 0 Å². The van der Waals surface area contributed by atoms with Crippen molar-refractivity contribution in [1.82, 2.24) is 0 Å². The average Bonchev–Trinajstić information content (AvgIpc) is 2.39. The van der Waals surface area contributed by atoms with Crippen molar-refractivity contribution in [2.24, 2.45) is 5.41 Å². The Kier molecular flexibility index (Phi) is 3.98. The highest BCUT2D eigenvalue weighted by Crippen LogP contribution is 2.38. The molecule has 0 unspecified atom stereocenters. The van der Waals surface area contributed by atoms with E-state index < -0.39 is 11.4 Å². The van der Waals surface area contributed by atoms with E-state index in [1.165, 1.54) is 0 Å². The number of aliphatic carboxylic acids is 1. The Bertz CT molecular complexity index is 452. The largest absolute Gasteiger partial charge is 0.508 e. The van der Waals surface area contributed by atoms with Crippen LogP contribution < -0.4 is 4.90 Å². The van der Waals surface area contributed by atoms with Crippen LogP contribution in [0.1, 0.15) is 32.1 Å². The fourth-order valence-electron chi connectivity index (χ4n) is 2.94. The third-order valence-electron chi connectivity index (χ3n) is 4.07. The molecule has 0 amide bonds. The van der Waals surface area contributed by atoms with Gasteiger partial charge in [-0.2, -0.15) is 0 Å². The Morgan fingerprint density at radius 3 is 2.58 bits per heavy atom. The zero-order chi connectivity index (χ0) is 13.9. The van der Waals surface area contributed by atoms with Gasteiger partial charge in [-0.15, -0.1) is 0 Å². The van der Waals surface area contributed by atoms with Gasteiger partial charge in [0, 0.05) is 25.3 Å². The van der Waals surface area contributed by atoms with E-state index in [1.54, 1.807) is 18.2 Å². The van der Waals surface area contributed by atoms with E-state index in [-0.39, 0.29) is 5.75 Å². The van der Waals surface area contributed by atoms with Gasteiger partial charge in [0.25, 0.3) is 0 Å². The molecule has 1 aliphatic carbocycles. The second-order valence-electron chi connectivity index (χ2n) is 5.52. The van der Waals surface area contributed by atoms with Crippen LogP contribution in [0.15, 0.2) is 24.3 Å². The molecule has 1 aromatic carbocycles.